The van der Waals surface area contributed by atoms with Crippen molar-refractivity contribution in [2.45, 2.75) is 32.7 Å². The Bertz CT molecular complexity index is 522. The fourth-order valence-electron chi connectivity index (χ4n) is 3.59. The van der Waals surface area contributed by atoms with Gasteiger partial charge >= 0.3 is 0 Å². The van der Waals surface area contributed by atoms with Crippen LogP contribution in [0.15, 0.2) is 11.4 Å². The van der Waals surface area contributed by atoms with Crippen LogP contribution in [-0.2, 0) is 4.74 Å². The Morgan fingerprint density at radius 1 is 1.32 bits per heavy atom. The van der Waals surface area contributed by atoms with Crippen LogP contribution in [0, 0.1) is 5.92 Å². The van der Waals surface area contributed by atoms with Gasteiger partial charge in [0.15, 0.2) is 0 Å². The van der Waals surface area contributed by atoms with Gasteiger partial charge in [-0.15, -0.1) is 11.3 Å². The summed E-state index contributed by atoms with van der Waals surface area (Å²) in [6, 6.07) is 2.58. The minimum absolute atomic E-state index is 0.223. The Labute approximate surface area is 137 Å². The van der Waals surface area contributed by atoms with E-state index in [0.29, 0.717) is 17.9 Å². The van der Waals surface area contributed by atoms with Crippen molar-refractivity contribution in [2.75, 3.05) is 39.4 Å². The molecule has 22 heavy (non-hydrogen) atoms. The fraction of sp³-hybridized carbons (Fsp3) is 0.706. The highest BCUT2D eigenvalue weighted by Gasteiger charge is 2.37. The molecule has 0 saturated carbocycles. The number of amides is 1. The van der Waals surface area contributed by atoms with Gasteiger partial charge < -0.3 is 9.64 Å². The van der Waals surface area contributed by atoms with Crippen molar-refractivity contribution >= 4 is 17.2 Å². The molecule has 1 aromatic rings. The first kappa shape index (κ1) is 16.0. The van der Waals surface area contributed by atoms with Gasteiger partial charge in [-0.2, -0.15) is 0 Å². The van der Waals surface area contributed by atoms with E-state index in [1.165, 1.54) is 5.56 Å². The van der Waals surface area contributed by atoms with Crippen LogP contribution in [0.25, 0.3) is 0 Å². The maximum Gasteiger partial charge on any atom is 0.264 e. The van der Waals surface area contributed by atoms with E-state index >= 15 is 0 Å². The molecule has 122 valence electrons. The molecule has 0 aromatic carbocycles. The molecular formula is C17H26N2O2S. The number of likely N-dealkylation sites (tertiary alicyclic amines) is 1. The van der Waals surface area contributed by atoms with E-state index in [-0.39, 0.29) is 5.91 Å². The number of hydrogen-bond donors (Lipinski definition) is 0. The second-order valence-corrected chi connectivity index (χ2v) is 7.68. The highest BCUT2D eigenvalue weighted by Crippen LogP contribution is 2.29. The normalized spacial score (nSPS) is 26.8. The molecule has 0 N–H and O–H groups in total. The quantitative estimate of drug-likeness (QED) is 0.858. The van der Waals surface area contributed by atoms with Crippen LogP contribution >= 0.6 is 11.3 Å². The molecule has 1 aromatic heterocycles. The van der Waals surface area contributed by atoms with Crippen molar-refractivity contribution in [2.24, 2.45) is 5.92 Å². The number of thiophene rings is 1. The van der Waals surface area contributed by atoms with Gasteiger partial charge in [-0.1, -0.05) is 20.8 Å². The van der Waals surface area contributed by atoms with Crippen molar-refractivity contribution in [3.8, 4) is 0 Å². The van der Waals surface area contributed by atoms with Crippen LogP contribution in [0.5, 0.6) is 0 Å². The lowest BCUT2D eigenvalue weighted by atomic mass is 10.0. The van der Waals surface area contributed by atoms with Gasteiger partial charge in [0, 0.05) is 32.2 Å². The van der Waals surface area contributed by atoms with Crippen molar-refractivity contribution in [3.63, 3.8) is 0 Å². The molecule has 0 spiro atoms. The SMILES string of the molecule is CC(C)c1ccsc1C(=O)N1C[C@@H](C)[C@@H](N2CCOCC2)C1. The molecule has 1 amide bonds. The van der Waals surface area contributed by atoms with Gasteiger partial charge in [0.25, 0.3) is 5.91 Å². The number of ether oxygens (including phenoxy) is 1. The van der Waals surface area contributed by atoms with E-state index in [4.69, 9.17) is 4.74 Å². The molecule has 2 fully saturated rings. The second kappa shape index (κ2) is 6.69. The first-order valence-electron chi connectivity index (χ1n) is 8.26. The predicted octanol–water partition coefficient (Wildman–Crippen LogP) is 2.66. The summed E-state index contributed by atoms with van der Waals surface area (Å²) in [5, 5.41) is 2.04. The Hall–Kier alpha value is -0.910. The Morgan fingerprint density at radius 3 is 2.73 bits per heavy atom. The lowest BCUT2D eigenvalue weighted by Crippen LogP contribution is -2.47. The maximum absolute atomic E-state index is 12.9. The topological polar surface area (TPSA) is 32.8 Å². The van der Waals surface area contributed by atoms with Crippen LogP contribution in [0.4, 0.5) is 0 Å². The van der Waals surface area contributed by atoms with E-state index in [1.54, 1.807) is 11.3 Å². The molecule has 0 bridgehead atoms. The molecule has 4 nitrogen and oxygen atoms in total. The molecule has 2 aliphatic heterocycles. The van der Waals surface area contributed by atoms with Crippen LogP contribution in [0.1, 0.15) is 41.9 Å². The Morgan fingerprint density at radius 2 is 2.05 bits per heavy atom. The number of carbonyl (C=O) groups is 1. The number of morpholine rings is 1. The molecule has 5 heteroatoms. The van der Waals surface area contributed by atoms with Gasteiger partial charge in [-0.05, 0) is 28.8 Å². The average molecular weight is 322 g/mol. The molecule has 2 aliphatic rings. The minimum Gasteiger partial charge on any atom is -0.379 e. The van der Waals surface area contributed by atoms with Crippen LogP contribution in [-0.4, -0.2) is 61.1 Å². The summed E-state index contributed by atoms with van der Waals surface area (Å²) in [6.07, 6.45) is 0. The summed E-state index contributed by atoms with van der Waals surface area (Å²) in [6.45, 7) is 11.9. The Balaban J connectivity index is 1.70. The summed E-state index contributed by atoms with van der Waals surface area (Å²) >= 11 is 1.59. The number of hydrogen-bond acceptors (Lipinski definition) is 4. The highest BCUT2D eigenvalue weighted by molar-refractivity contribution is 7.12. The van der Waals surface area contributed by atoms with E-state index in [0.717, 1.165) is 44.3 Å². The van der Waals surface area contributed by atoms with Crippen molar-refractivity contribution in [1.29, 1.82) is 0 Å². The monoisotopic (exact) mass is 322 g/mol. The van der Waals surface area contributed by atoms with Gasteiger partial charge in [-0.3, -0.25) is 9.69 Å². The first-order chi connectivity index (χ1) is 10.6. The zero-order chi connectivity index (χ0) is 15.7. The zero-order valence-corrected chi connectivity index (χ0v) is 14.6. The fourth-order valence-corrected chi connectivity index (χ4v) is 4.61. The lowest BCUT2D eigenvalue weighted by molar-refractivity contribution is 0.0119. The summed E-state index contributed by atoms with van der Waals surface area (Å²) in [5.41, 5.74) is 1.19. The third-order valence-corrected chi connectivity index (χ3v) is 5.80. The molecule has 0 radical (unpaired) electrons. The molecule has 2 atom stereocenters. The van der Waals surface area contributed by atoms with Crippen LogP contribution < -0.4 is 0 Å². The molecule has 2 saturated heterocycles. The minimum atomic E-state index is 0.223. The summed E-state index contributed by atoms with van der Waals surface area (Å²) < 4.78 is 5.45. The smallest absolute Gasteiger partial charge is 0.264 e. The molecule has 0 unspecified atom stereocenters. The standard InChI is InChI=1S/C17H26N2O2S/c1-12(2)14-4-9-22-16(14)17(20)19-10-13(3)15(11-19)18-5-7-21-8-6-18/h4,9,12-13,15H,5-8,10-11H2,1-3H3/t13-,15+/m1/s1. The molecular weight excluding hydrogens is 296 g/mol. The van der Waals surface area contributed by atoms with Gasteiger partial charge in [-0.25, -0.2) is 0 Å². The zero-order valence-electron chi connectivity index (χ0n) is 13.7. The molecule has 0 aliphatic carbocycles. The van der Waals surface area contributed by atoms with Crippen LogP contribution in [0.2, 0.25) is 0 Å². The van der Waals surface area contributed by atoms with Crippen LogP contribution in [0.3, 0.4) is 0 Å². The summed E-state index contributed by atoms with van der Waals surface area (Å²) in [5.74, 6) is 1.16. The largest absolute Gasteiger partial charge is 0.379 e. The summed E-state index contributed by atoms with van der Waals surface area (Å²) in [4.78, 5) is 18.4. The van der Waals surface area contributed by atoms with E-state index < -0.39 is 0 Å². The van der Waals surface area contributed by atoms with E-state index in [2.05, 4.69) is 36.6 Å². The van der Waals surface area contributed by atoms with Crippen molar-refractivity contribution < 1.29 is 9.53 Å². The highest BCUT2D eigenvalue weighted by atomic mass is 32.1. The lowest BCUT2D eigenvalue weighted by Gasteiger charge is -2.34. The number of carbonyl (C=O) groups excluding carboxylic acids is 1. The van der Waals surface area contributed by atoms with Crippen molar-refractivity contribution in [3.05, 3.63) is 21.9 Å². The van der Waals surface area contributed by atoms with E-state index in [9.17, 15) is 4.79 Å². The number of rotatable bonds is 3. The molecule has 3 rings (SSSR count). The second-order valence-electron chi connectivity index (χ2n) is 6.76. The Kier molecular flexibility index (Phi) is 4.85. The average Bonchev–Trinajstić information content (AvgIpc) is 3.14. The third-order valence-electron chi connectivity index (χ3n) is 4.89. The first-order valence-corrected chi connectivity index (χ1v) is 9.14. The number of nitrogens with zero attached hydrogens (tertiary/aromatic N) is 2. The van der Waals surface area contributed by atoms with E-state index in [1.807, 2.05) is 5.38 Å². The third kappa shape index (κ3) is 3.07. The van der Waals surface area contributed by atoms with Gasteiger partial charge in [0.1, 0.15) is 0 Å². The van der Waals surface area contributed by atoms with Gasteiger partial charge in [0.2, 0.25) is 0 Å². The van der Waals surface area contributed by atoms with Crippen molar-refractivity contribution in [1.82, 2.24) is 9.80 Å². The maximum atomic E-state index is 12.9. The molecule has 3 heterocycles. The summed E-state index contributed by atoms with van der Waals surface area (Å²) in [7, 11) is 0. The predicted molar refractivity (Wildman–Crippen MR) is 89.7 cm³/mol. The van der Waals surface area contributed by atoms with Gasteiger partial charge in [0.05, 0.1) is 18.1 Å².